The Balaban J connectivity index is 2.06. The maximum absolute atomic E-state index is 11.3. The van der Waals surface area contributed by atoms with Crippen LogP contribution in [0.4, 0.5) is 0 Å². The Morgan fingerprint density at radius 2 is 2.43 bits per heavy atom. The minimum Gasteiger partial charge on any atom is -0.353 e. The largest absolute Gasteiger partial charge is 0.353 e. The van der Waals surface area contributed by atoms with E-state index in [0.29, 0.717) is 17.5 Å². The first-order valence-corrected chi connectivity index (χ1v) is 6.43. The van der Waals surface area contributed by atoms with Gasteiger partial charge in [0.05, 0.1) is 6.04 Å². The maximum Gasteiger partial charge on any atom is 0.237 e. The number of thioether (sulfide) groups is 1. The molecule has 1 amide bonds. The summed E-state index contributed by atoms with van der Waals surface area (Å²) in [6, 6.07) is 1.74. The highest BCUT2D eigenvalue weighted by molar-refractivity contribution is 7.99. The molecule has 5 heteroatoms. The van der Waals surface area contributed by atoms with E-state index in [0.717, 1.165) is 0 Å². The summed E-state index contributed by atoms with van der Waals surface area (Å²) in [6.45, 7) is 0.688. The fourth-order valence-electron chi connectivity index (χ4n) is 1.35. The molecule has 3 N–H and O–H groups in total. The Morgan fingerprint density at radius 3 is 3.14 bits per heavy atom. The van der Waals surface area contributed by atoms with Crippen molar-refractivity contribution in [1.82, 2.24) is 5.32 Å². The third-order valence-electron chi connectivity index (χ3n) is 2.19. The zero-order valence-electron chi connectivity index (χ0n) is 7.60. The molecule has 1 aliphatic rings. The van der Waals surface area contributed by atoms with Crippen LogP contribution in [0.5, 0.6) is 0 Å². The third-order valence-corrected chi connectivity index (χ3v) is 4.28. The van der Waals surface area contributed by atoms with Crippen molar-refractivity contribution in [1.29, 1.82) is 0 Å². The predicted molar refractivity (Wildman–Crippen MR) is 60.5 cm³/mol. The fourth-order valence-corrected chi connectivity index (χ4v) is 3.28. The van der Waals surface area contributed by atoms with Gasteiger partial charge in [-0.3, -0.25) is 4.79 Å². The number of carbonyl (C=O) groups is 1. The molecule has 3 nitrogen and oxygen atoms in total. The Hall–Kier alpha value is -0.520. The Kier molecular flexibility index (Phi) is 3.10. The van der Waals surface area contributed by atoms with Gasteiger partial charge in [-0.05, 0) is 22.4 Å². The number of thiophene rings is 1. The van der Waals surface area contributed by atoms with E-state index in [4.69, 9.17) is 5.73 Å². The SMILES string of the molecule is N[C@H]1CS[C@H](c2ccsc2)CNC1=O. The summed E-state index contributed by atoms with van der Waals surface area (Å²) in [5.74, 6) is 0.669. The van der Waals surface area contributed by atoms with Crippen LogP contribution >= 0.6 is 23.1 Å². The number of amides is 1. The molecule has 2 rings (SSSR count). The van der Waals surface area contributed by atoms with Gasteiger partial charge in [-0.2, -0.15) is 11.3 Å². The molecular weight excluding hydrogens is 216 g/mol. The van der Waals surface area contributed by atoms with E-state index >= 15 is 0 Å². The molecule has 2 atom stereocenters. The van der Waals surface area contributed by atoms with E-state index in [1.54, 1.807) is 23.1 Å². The zero-order chi connectivity index (χ0) is 9.97. The van der Waals surface area contributed by atoms with Gasteiger partial charge in [-0.25, -0.2) is 0 Å². The van der Waals surface area contributed by atoms with Gasteiger partial charge in [0.25, 0.3) is 0 Å². The van der Waals surface area contributed by atoms with Gasteiger partial charge >= 0.3 is 0 Å². The normalized spacial score (nSPS) is 28.2. The minimum atomic E-state index is -0.358. The standard InChI is InChI=1S/C9H12N2OS2/c10-7-5-14-8(3-11-9(7)12)6-1-2-13-4-6/h1-2,4,7-8H,3,5,10H2,(H,11,12)/t7-,8-/m0/s1. The molecule has 0 radical (unpaired) electrons. The van der Waals surface area contributed by atoms with Crippen molar-refractivity contribution in [2.24, 2.45) is 5.73 Å². The molecular formula is C9H12N2OS2. The van der Waals surface area contributed by atoms with Gasteiger partial charge in [0.1, 0.15) is 0 Å². The molecule has 2 heterocycles. The summed E-state index contributed by atoms with van der Waals surface area (Å²) in [4.78, 5) is 11.3. The summed E-state index contributed by atoms with van der Waals surface area (Å²) >= 11 is 3.44. The Morgan fingerprint density at radius 1 is 1.57 bits per heavy atom. The van der Waals surface area contributed by atoms with Crippen molar-refractivity contribution < 1.29 is 4.79 Å². The van der Waals surface area contributed by atoms with Crippen molar-refractivity contribution in [2.75, 3.05) is 12.3 Å². The van der Waals surface area contributed by atoms with Gasteiger partial charge in [-0.1, -0.05) is 0 Å². The van der Waals surface area contributed by atoms with Gasteiger partial charge < -0.3 is 11.1 Å². The summed E-state index contributed by atoms with van der Waals surface area (Å²) in [5, 5.41) is 7.40. The van der Waals surface area contributed by atoms with Crippen LogP contribution in [0.2, 0.25) is 0 Å². The highest BCUT2D eigenvalue weighted by Crippen LogP contribution is 2.31. The molecule has 0 aliphatic carbocycles. The molecule has 14 heavy (non-hydrogen) atoms. The van der Waals surface area contributed by atoms with Crippen LogP contribution in [0.3, 0.4) is 0 Å². The highest BCUT2D eigenvalue weighted by Gasteiger charge is 2.23. The number of hydrogen-bond acceptors (Lipinski definition) is 4. The summed E-state index contributed by atoms with van der Waals surface area (Å²) in [7, 11) is 0. The first kappa shape index (κ1) is 10.0. The van der Waals surface area contributed by atoms with E-state index < -0.39 is 0 Å². The predicted octanol–water partition coefficient (Wildman–Crippen LogP) is 0.979. The Bertz CT molecular complexity index is 313. The van der Waals surface area contributed by atoms with E-state index in [-0.39, 0.29) is 11.9 Å². The quantitative estimate of drug-likeness (QED) is 0.753. The average molecular weight is 228 g/mol. The molecule has 1 aliphatic heterocycles. The molecule has 0 saturated carbocycles. The van der Waals surface area contributed by atoms with Crippen LogP contribution in [0, 0.1) is 0 Å². The lowest BCUT2D eigenvalue weighted by atomic mass is 10.2. The van der Waals surface area contributed by atoms with Crippen LogP contribution in [0.15, 0.2) is 16.8 Å². The van der Waals surface area contributed by atoms with Crippen LogP contribution in [-0.2, 0) is 4.79 Å². The monoisotopic (exact) mass is 228 g/mol. The lowest BCUT2D eigenvalue weighted by Crippen LogP contribution is -2.40. The van der Waals surface area contributed by atoms with Crippen LogP contribution < -0.4 is 11.1 Å². The minimum absolute atomic E-state index is 0.0322. The molecule has 1 aromatic rings. The van der Waals surface area contributed by atoms with Gasteiger partial charge in [0.2, 0.25) is 5.91 Å². The topological polar surface area (TPSA) is 55.1 Å². The fraction of sp³-hybridized carbons (Fsp3) is 0.444. The molecule has 0 unspecified atom stereocenters. The summed E-state index contributed by atoms with van der Waals surface area (Å²) in [6.07, 6.45) is 0. The van der Waals surface area contributed by atoms with Crippen LogP contribution in [-0.4, -0.2) is 24.2 Å². The number of carbonyl (C=O) groups excluding carboxylic acids is 1. The van der Waals surface area contributed by atoms with Gasteiger partial charge in [0.15, 0.2) is 0 Å². The second-order valence-electron chi connectivity index (χ2n) is 3.23. The second kappa shape index (κ2) is 4.33. The number of nitrogens with two attached hydrogens (primary N) is 1. The summed E-state index contributed by atoms with van der Waals surface area (Å²) < 4.78 is 0. The lowest BCUT2D eigenvalue weighted by Gasteiger charge is -2.10. The number of nitrogens with one attached hydrogen (secondary N) is 1. The van der Waals surface area contributed by atoms with E-state index in [1.165, 1.54) is 5.56 Å². The summed E-state index contributed by atoms with van der Waals surface area (Å²) in [5.41, 5.74) is 6.95. The first-order chi connectivity index (χ1) is 6.77. The van der Waals surface area contributed by atoms with Crippen molar-refractivity contribution in [3.05, 3.63) is 22.4 Å². The first-order valence-electron chi connectivity index (χ1n) is 4.44. The molecule has 0 bridgehead atoms. The lowest BCUT2D eigenvalue weighted by molar-refractivity contribution is -0.121. The van der Waals surface area contributed by atoms with Crippen molar-refractivity contribution in [3.8, 4) is 0 Å². The highest BCUT2D eigenvalue weighted by atomic mass is 32.2. The van der Waals surface area contributed by atoms with Crippen molar-refractivity contribution in [3.63, 3.8) is 0 Å². The molecule has 0 aromatic carbocycles. The maximum atomic E-state index is 11.3. The molecule has 1 fully saturated rings. The van der Waals surface area contributed by atoms with Gasteiger partial charge in [-0.15, -0.1) is 11.8 Å². The average Bonchev–Trinajstić information content (AvgIpc) is 2.65. The third kappa shape index (κ3) is 2.10. The van der Waals surface area contributed by atoms with Crippen molar-refractivity contribution in [2.45, 2.75) is 11.3 Å². The molecule has 0 spiro atoms. The van der Waals surface area contributed by atoms with E-state index in [1.807, 2.05) is 0 Å². The molecule has 1 saturated heterocycles. The van der Waals surface area contributed by atoms with E-state index in [9.17, 15) is 4.79 Å². The number of rotatable bonds is 1. The van der Waals surface area contributed by atoms with Crippen molar-refractivity contribution >= 4 is 29.0 Å². The van der Waals surface area contributed by atoms with Gasteiger partial charge in [0, 0.05) is 17.5 Å². The van der Waals surface area contributed by atoms with Crippen LogP contribution in [0.1, 0.15) is 10.8 Å². The number of hydrogen-bond donors (Lipinski definition) is 2. The van der Waals surface area contributed by atoms with Crippen LogP contribution in [0.25, 0.3) is 0 Å². The zero-order valence-corrected chi connectivity index (χ0v) is 9.24. The Labute approximate surface area is 91.1 Å². The molecule has 76 valence electrons. The smallest absolute Gasteiger partial charge is 0.237 e. The molecule has 1 aromatic heterocycles. The van der Waals surface area contributed by atoms with E-state index in [2.05, 4.69) is 22.1 Å². The second-order valence-corrected chi connectivity index (χ2v) is 5.25.